The molecule has 0 fully saturated rings. The van der Waals surface area contributed by atoms with Crippen LogP contribution < -0.4 is 20.3 Å². The number of para-hydroxylation sites is 1. The number of benzene rings is 2. The quantitative estimate of drug-likeness (QED) is 0.712. The standard InChI is InChI=1S/C21H23N3O4/c1-5-28-18-13-15(11-12-17(18)27-4)20(25)22-19-14(2)23(3)24(21(19)26)16-9-7-6-8-10-16/h6-13H,5H2,1-4H3,(H,22,25). The molecule has 0 aliphatic heterocycles. The minimum absolute atomic E-state index is 0.241. The van der Waals surface area contributed by atoms with Gasteiger partial charge in [0.15, 0.2) is 11.5 Å². The SMILES string of the molecule is CCOc1cc(C(=O)Nc2c(C)n(C)n(-c3ccccc3)c2=O)ccc1OC. The van der Waals surface area contributed by atoms with Crippen molar-refractivity contribution < 1.29 is 14.3 Å². The minimum Gasteiger partial charge on any atom is -0.493 e. The summed E-state index contributed by atoms with van der Waals surface area (Å²) in [5.41, 5.74) is 1.70. The van der Waals surface area contributed by atoms with E-state index in [9.17, 15) is 9.59 Å². The summed E-state index contributed by atoms with van der Waals surface area (Å²) in [6, 6.07) is 14.2. The second-order valence-electron chi connectivity index (χ2n) is 6.19. The van der Waals surface area contributed by atoms with Gasteiger partial charge in [0.2, 0.25) is 0 Å². The van der Waals surface area contributed by atoms with Crippen LogP contribution in [0.3, 0.4) is 0 Å². The molecule has 0 atom stereocenters. The molecule has 1 heterocycles. The molecule has 0 radical (unpaired) electrons. The molecule has 0 saturated heterocycles. The van der Waals surface area contributed by atoms with Crippen LogP contribution in [-0.4, -0.2) is 29.0 Å². The maximum Gasteiger partial charge on any atom is 0.295 e. The Balaban J connectivity index is 1.96. The Hall–Kier alpha value is -3.48. The van der Waals surface area contributed by atoms with Crippen LogP contribution in [0.1, 0.15) is 23.0 Å². The van der Waals surface area contributed by atoms with Gasteiger partial charge in [-0.3, -0.25) is 14.3 Å². The Morgan fingerprint density at radius 1 is 1.11 bits per heavy atom. The summed E-state index contributed by atoms with van der Waals surface area (Å²) in [5, 5.41) is 2.74. The lowest BCUT2D eigenvalue weighted by Gasteiger charge is -2.11. The first-order valence-corrected chi connectivity index (χ1v) is 8.94. The fourth-order valence-electron chi connectivity index (χ4n) is 2.98. The first-order chi connectivity index (χ1) is 13.5. The van der Waals surface area contributed by atoms with Crippen molar-refractivity contribution in [2.45, 2.75) is 13.8 Å². The van der Waals surface area contributed by atoms with E-state index in [1.807, 2.05) is 37.3 Å². The van der Waals surface area contributed by atoms with E-state index < -0.39 is 5.91 Å². The van der Waals surface area contributed by atoms with Crippen LogP contribution in [0.15, 0.2) is 53.3 Å². The van der Waals surface area contributed by atoms with Crippen LogP contribution in [0.2, 0.25) is 0 Å². The molecule has 0 aliphatic rings. The van der Waals surface area contributed by atoms with Gasteiger partial charge >= 0.3 is 0 Å². The van der Waals surface area contributed by atoms with E-state index >= 15 is 0 Å². The first kappa shape index (κ1) is 19.3. The molecule has 7 nitrogen and oxygen atoms in total. The number of hydrogen-bond acceptors (Lipinski definition) is 4. The van der Waals surface area contributed by atoms with Crippen LogP contribution >= 0.6 is 0 Å². The zero-order chi connectivity index (χ0) is 20.3. The number of carbonyl (C=O) groups is 1. The maximum absolute atomic E-state index is 12.9. The predicted molar refractivity (Wildman–Crippen MR) is 108 cm³/mol. The molecule has 0 bridgehead atoms. The largest absolute Gasteiger partial charge is 0.493 e. The van der Waals surface area contributed by atoms with Crippen molar-refractivity contribution in [3.05, 3.63) is 70.1 Å². The summed E-state index contributed by atoms with van der Waals surface area (Å²) in [4.78, 5) is 25.7. The van der Waals surface area contributed by atoms with Crippen LogP contribution in [-0.2, 0) is 7.05 Å². The highest BCUT2D eigenvalue weighted by atomic mass is 16.5. The van der Waals surface area contributed by atoms with E-state index in [2.05, 4.69) is 5.32 Å². The van der Waals surface area contributed by atoms with E-state index in [-0.39, 0.29) is 11.2 Å². The lowest BCUT2D eigenvalue weighted by atomic mass is 10.2. The topological polar surface area (TPSA) is 74.5 Å². The van der Waals surface area contributed by atoms with Crippen molar-refractivity contribution in [3.63, 3.8) is 0 Å². The van der Waals surface area contributed by atoms with Gasteiger partial charge in [0.1, 0.15) is 5.69 Å². The number of ether oxygens (including phenoxy) is 2. The van der Waals surface area contributed by atoms with E-state index in [4.69, 9.17) is 9.47 Å². The summed E-state index contributed by atoms with van der Waals surface area (Å²) in [6.45, 7) is 4.09. The molecule has 0 aliphatic carbocycles. The summed E-state index contributed by atoms with van der Waals surface area (Å²) in [5.74, 6) is 0.625. The second-order valence-corrected chi connectivity index (χ2v) is 6.19. The van der Waals surface area contributed by atoms with Crippen LogP contribution in [0.25, 0.3) is 5.69 Å². The smallest absolute Gasteiger partial charge is 0.295 e. The monoisotopic (exact) mass is 381 g/mol. The summed E-state index contributed by atoms with van der Waals surface area (Å²) in [6.07, 6.45) is 0. The van der Waals surface area contributed by atoms with Crippen LogP contribution in [0.5, 0.6) is 11.5 Å². The Bertz CT molecular complexity index is 1050. The normalized spacial score (nSPS) is 10.6. The molecule has 146 valence electrons. The third kappa shape index (κ3) is 3.51. The van der Waals surface area contributed by atoms with Gasteiger partial charge < -0.3 is 14.8 Å². The van der Waals surface area contributed by atoms with Gasteiger partial charge in [-0.25, -0.2) is 4.68 Å². The molecule has 0 saturated carbocycles. The van der Waals surface area contributed by atoms with Crippen molar-refractivity contribution in [2.75, 3.05) is 19.0 Å². The number of rotatable bonds is 6. The van der Waals surface area contributed by atoms with E-state index in [1.165, 1.54) is 11.8 Å². The first-order valence-electron chi connectivity index (χ1n) is 8.94. The second kappa shape index (κ2) is 8.04. The molecule has 1 aromatic heterocycles. The molecule has 0 unspecified atom stereocenters. The number of hydrogen-bond donors (Lipinski definition) is 1. The van der Waals surface area contributed by atoms with Crippen molar-refractivity contribution in [1.82, 2.24) is 9.36 Å². The number of amides is 1. The average molecular weight is 381 g/mol. The summed E-state index contributed by atoms with van der Waals surface area (Å²) >= 11 is 0. The van der Waals surface area contributed by atoms with Crippen molar-refractivity contribution in [3.8, 4) is 17.2 Å². The van der Waals surface area contributed by atoms with Crippen LogP contribution in [0, 0.1) is 6.92 Å². The molecule has 3 aromatic rings. The van der Waals surface area contributed by atoms with Gasteiger partial charge in [-0.05, 0) is 44.2 Å². The highest BCUT2D eigenvalue weighted by molar-refractivity contribution is 6.04. The summed E-state index contributed by atoms with van der Waals surface area (Å²) < 4.78 is 14.0. The van der Waals surface area contributed by atoms with E-state index in [0.29, 0.717) is 29.4 Å². The molecular formula is C21H23N3O4. The zero-order valence-electron chi connectivity index (χ0n) is 16.4. The van der Waals surface area contributed by atoms with Crippen molar-refractivity contribution >= 4 is 11.6 Å². The number of anilines is 1. The highest BCUT2D eigenvalue weighted by Gasteiger charge is 2.19. The van der Waals surface area contributed by atoms with Gasteiger partial charge in [0.05, 0.1) is 25.1 Å². The van der Waals surface area contributed by atoms with Crippen molar-refractivity contribution in [1.29, 1.82) is 0 Å². The number of carbonyl (C=O) groups excluding carboxylic acids is 1. The Morgan fingerprint density at radius 3 is 2.46 bits per heavy atom. The van der Waals surface area contributed by atoms with E-state index in [1.54, 1.807) is 36.9 Å². The molecule has 3 rings (SSSR count). The number of nitrogens with zero attached hydrogens (tertiary/aromatic N) is 2. The van der Waals surface area contributed by atoms with Gasteiger partial charge in [-0.15, -0.1) is 0 Å². The highest BCUT2D eigenvalue weighted by Crippen LogP contribution is 2.28. The molecule has 1 N–H and O–H groups in total. The molecule has 0 spiro atoms. The summed E-state index contributed by atoms with van der Waals surface area (Å²) in [7, 11) is 3.32. The minimum atomic E-state index is -0.394. The van der Waals surface area contributed by atoms with E-state index in [0.717, 1.165) is 5.69 Å². The lowest BCUT2D eigenvalue weighted by molar-refractivity contribution is 0.102. The number of methoxy groups -OCH3 is 1. The van der Waals surface area contributed by atoms with Crippen molar-refractivity contribution in [2.24, 2.45) is 7.05 Å². The Morgan fingerprint density at radius 2 is 1.82 bits per heavy atom. The third-order valence-corrected chi connectivity index (χ3v) is 4.52. The Kier molecular flexibility index (Phi) is 5.54. The Labute approximate surface area is 163 Å². The maximum atomic E-state index is 12.9. The molecule has 1 amide bonds. The third-order valence-electron chi connectivity index (χ3n) is 4.52. The lowest BCUT2D eigenvalue weighted by Crippen LogP contribution is -2.23. The molecular weight excluding hydrogens is 358 g/mol. The zero-order valence-corrected chi connectivity index (χ0v) is 16.4. The average Bonchev–Trinajstić information content (AvgIpc) is 2.92. The van der Waals surface area contributed by atoms with Gasteiger partial charge in [0.25, 0.3) is 11.5 Å². The number of nitrogens with one attached hydrogen (secondary N) is 1. The molecule has 2 aromatic carbocycles. The van der Waals surface area contributed by atoms with Crippen LogP contribution in [0.4, 0.5) is 5.69 Å². The molecule has 28 heavy (non-hydrogen) atoms. The van der Waals surface area contributed by atoms with Gasteiger partial charge in [0, 0.05) is 12.6 Å². The fourth-order valence-corrected chi connectivity index (χ4v) is 2.98. The predicted octanol–water partition coefficient (Wildman–Crippen LogP) is 3.14. The fraction of sp³-hybridized carbons (Fsp3) is 0.238. The van der Waals surface area contributed by atoms with Gasteiger partial charge in [-0.1, -0.05) is 18.2 Å². The molecule has 7 heteroatoms. The number of aromatic nitrogens is 2. The van der Waals surface area contributed by atoms with Gasteiger partial charge in [-0.2, -0.15) is 0 Å².